The maximum absolute atomic E-state index is 11.2. The lowest BCUT2D eigenvalue weighted by molar-refractivity contribution is -0.123. The Morgan fingerprint density at radius 3 is 2.56 bits per heavy atom. The molecule has 0 saturated heterocycles. The Kier molecular flexibility index (Phi) is 3.45. The molecule has 4 nitrogen and oxygen atoms in total. The summed E-state index contributed by atoms with van der Waals surface area (Å²) >= 11 is 0. The van der Waals surface area contributed by atoms with Crippen LogP contribution in [0.15, 0.2) is 0 Å². The van der Waals surface area contributed by atoms with Crippen molar-refractivity contribution >= 4 is 5.91 Å². The first kappa shape index (κ1) is 13.8. The molecule has 2 rings (SSSR count). The van der Waals surface area contributed by atoms with Crippen molar-refractivity contribution in [1.29, 1.82) is 0 Å². The maximum atomic E-state index is 11.2. The van der Waals surface area contributed by atoms with E-state index in [1.54, 1.807) is 7.05 Å². The molecule has 0 aromatic rings. The average Bonchev–Trinajstić information content (AvgIpc) is 2.62. The second kappa shape index (κ2) is 4.49. The van der Waals surface area contributed by atoms with Gasteiger partial charge in [0.05, 0.1) is 12.7 Å². The normalized spacial score (nSPS) is 38.9. The van der Waals surface area contributed by atoms with Gasteiger partial charge in [-0.15, -0.1) is 0 Å². The van der Waals surface area contributed by atoms with E-state index in [9.17, 15) is 4.79 Å². The number of nitrogens with one attached hydrogen (secondary N) is 1. The number of nitrogens with two attached hydrogens (primary N) is 1. The van der Waals surface area contributed by atoms with Gasteiger partial charge in [0.15, 0.2) is 0 Å². The Labute approximate surface area is 110 Å². The van der Waals surface area contributed by atoms with Gasteiger partial charge in [0.1, 0.15) is 6.04 Å². The minimum absolute atomic E-state index is 0.244. The largest absolute Gasteiger partial charge is 0.375 e. The molecule has 1 amide bonds. The molecule has 2 aliphatic carbocycles. The monoisotopic (exact) mass is 254 g/mol. The van der Waals surface area contributed by atoms with Crippen LogP contribution in [0.25, 0.3) is 0 Å². The molecule has 0 heterocycles. The lowest BCUT2D eigenvalue weighted by Crippen LogP contribution is -2.45. The zero-order chi connectivity index (χ0) is 13.6. The average molecular weight is 254 g/mol. The van der Waals surface area contributed by atoms with Crippen molar-refractivity contribution in [3.05, 3.63) is 0 Å². The smallest absolute Gasteiger partial charge is 0.236 e. The lowest BCUT2D eigenvalue weighted by atomic mass is 9.70. The van der Waals surface area contributed by atoms with Gasteiger partial charge >= 0.3 is 0 Å². The molecule has 0 spiro atoms. The first-order valence-corrected chi connectivity index (χ1v) is 6.91. The molecule has 4 atom stereocenters. The molecule has 2 saturated carbocycles. The van der Waals surface area contributed by atoms with E-state index >= 15 is 0 Å². The fourth-order valence-electron chi connectivity index (χ4n) is 3.90. The Balaban J connectivity index is 1.99. The number of ether oxygens (including phenoxy) is 1. The summed E-state index contributed by atoms with van der Waals surface area (Å²) in [5.74, 6) is 0.416. The number of hydrogen-bond acceptors (Lipinski definition) is 3. The van der Waals surface area contributed by atoms with Crippen LogP contribution in [0.3, 0.4) is 0 Å². The van der Waals surface area contributed by atoms with Gasteiger partial charge in [-0.05, 0) is 43.1 Å². The lowest BCUT2D eigenvalue weighted by Gasteiger charge is -2.39. The summed E-state index contributed by atoms with van der Waals surface area (Å²) in [5, 5.41) is 2.90. The highest BCUT2D eigenvalue weighted by atomic mass is 16.5. The molecule has 0 aromatic carbocycles. The molecule has 2 aliphatic rings. The molecule has 4 heteroatoms. The van der Waals surface area contributed by atoms with E-state index in [0.717, 1.165) is 12.3 Å². The predicted octanol–water partition coefficient (Wildman–Crippen LogP) is 1.29. The Bertz CT molecular complexity index is 343. The molecule has 18 heavy (non-hydrogen) atoms. The molecule has 0 aromatic heterocycles. The van der Waals surface area contributed by atoms with Crippen LogP contribution in [0.5, 0.6) is 0 Å². The van der Waals surface area contributed by atoms with Crippen LogP contribution < -0.4 is 11.1 Å². The van der Waals surface area contributed by atoms with Crippen molar-refractivity contribution in [3.8, 4) is 0 Å². The van der Waals surface area contributed by atoms with Gasteiger partial charge < -0.3 is 15.8 Å². The van der Waals surface area contributed by atoms with Crippen LogP contribution in [-0.4, -0.2) is 31.7 Å². The minimum atomic E-state index is -0.379. The van der Waals surface area contributed by atoms with Gasteiger partial charge in [-0.1, -0.05) is 20.8 Å². The van der Waals surface area contributed by atoms with E-state index in [2.05, 4.69) is 26.1 Å². The van der Waals surface area contributed by atoms with Crippen molar-refractivity contribution in [2.45, 2.75) is 52.2 Å². The zero-order valence-corrected chi connectivity index (χ0v) is 12.0. The van der Waals surface area contributed by atoms with Gasteiger partial charge in [0.25, 0.3) is 0 Å². The SMILES string of the molecule is CNC(COC1CC2CCC1(C)C2(C)C)C(N)=O. The summed E-state index contributed by atoms with van der Waals surface area (Å²) in [7, 11) is 1.74. The highest BCUT2D eigenvalue weighted by Crippen LogP contribution is 2.66. The van der Waals surface area contributed by atoms with Crippen LogP contribution in [0.2, 0.25) is 0 Å². The number of fused-ring (bicyclic) bond motifs is 2. The van der Waals surface area contributed by atoms with E-state index in [4.69, 9.17) is 10.5 Å². The van der Waals surface area contributed by atoms with Gasteiger partial charge in [0, 0.05) is 0 Å². The Morgan fingerprint density at radius 2 is 2.17 bits per heavy atom. The van der Waals surface area contributed by atoms with Gasteiger partial charge in [-0.2, -0.15) is 0 Å². The molecule has 0 radical (unpaired) electrons. The second-order valence-corrected chi connectivity index (χ2v) is 6.68. The summed E-state index contributed by atoms with van der Waals surface area (Å²) in [6, 6.07) is -0.379. The summed E-state index contributed by atoms with van der Waals surface area (Å²) in [4.78, 5) is 11.2. The van der Waals surface area contributed by atoms with Crippen LogP contribution in [-0.2, 0) is 9.53 Å². The predicted molar refractivity (Wildman–Crippen MR) is 71.0 cm³/mol. The van der Waals surface area contributed by atoms with E-state index in [1.165, 1.54) is 12.8 Å². The highest BCUT2D eigenvalue weighted by molar-refractivity contribution is 5.79. The van der Waals surface area contributed by atoms with E-state index in [-0.39, 0.29) is 23.5 Å². The Hall–Kier alpha value is -0.610. The third-order valence-electron chi connectivity index (χ3n) is 5.87. The van der Waals surface area contributed by atoms with Crippen molar-refractivity contribution in [2.24, 2.45) is 22.5 Å². The van der Waals surface area contributed by atoms with Crippen molar-refractivity contribution in [3.63, 3.8) is 0 Å². The molecule has 3 N–H and O–H groups in total. The number of likely N-dealkylation sites (N-methyl/N-ethyl adjacent to an activating group) is 1. The molecule has 2 fully saturated rings. The quantitative estimate of drug-likeness (QED) is 0.777. The van der Waals surface area contributed by atoms with Crippen LogP contribution in [0, 0.1) is 16.7 Å². The second-order valence-electron chi connectivity index (χ2n) is 6.68. The van der Waals surface area contributed by atoms with E-state index in [0.29, 0.717) is 12.0 Å². The number of rotatable bonds is 5. The first-order valence-electron chi connectivity index (χ1n) is 6.91. The van der Waals surface area contributed by atoms with Crippen molar-refractivity contribution in [2.75, 3.05) is 13.7 Å². The van der Waals surface area contributed by atoms with Gasteiger partial charge in [-0.3, -0.25) is 4.79 Å². The zero-order valence-electron chi connectivity index (χ0n) is 12.0. The van der Waals surface area contributed by atoms with E-state index < -0.39 is 0 Å². The van der Waals surface area contributed by atoms with Crippen LogP contribution >= 0.6 is 0 Å². The van der Waals surface area contributed by atoms with E-state index in [1.807, 2.05) is 0 Å². The topological polar surface area (TPSA) is 64.3 Å². The first-order chi connectivity index (χ1) is 8.33. The molecule has 104 valence electrons. The molecule has 2 bridgehead atoms. The Morgan fingerprint density at radius 1 is 1.50 bits per heavy atom. The fourth-order valence-corrected chi connectivity index (χ4v) is 3.90. The minimum Gasteiger partial charge on any atom is -0.375 e. The molecule has 0 aliphatic heterocycles. The number of hydrogen-bond donors (Lipinski definition) is 2. The third kappa shape index (κ3) is 1.86. The van der Waals surface area contributed by atoms with Gasteiger partial charge in [0.2, 0.25) is 5.91 Å². The summed E-state index contributed by atoms with van der Waals surface area (Å²) in [6.45, 7) is 7.44. The van der Waals surface area contributed by atoms with Crippen molar-refractivity contribution < 1.29 is 9.53 Å². The summed E-state index contributed by atoms with van der Waals surface area (Å²) < 4.78 is 6.03. The summed E-state index contributed by atoms with van der Waals surface area (Å²) in [5.41, 5.74) is 5.90. The highest BCUT2D eigenvalue weighted by Gasteiger charge is 2.61. The number of carbonyl (C=O) groups excluding carboxylic acids is 1. The number of carbonyl (C=O) groups is 1. The van der Waals surface area contributed by atoms with Crippen LogP contribution in [0.1, 0.15) is 40.0 Å². The van der Waals surface area contributed by atoms with Crippen molar-refractivity contribution in [1.82, 2.24) is 5.32 Å². The molecular weight excluding hydrogens is 228 g/mol. The third-order valence-corrected chi connectivity index (χ3v) is 5.87. The number of primary amides is 1. The standard InChI is InChI=1S/C14H26N2O2/c1-13(2)9-5-6-14(13,3)11(7-9)18-8-10(16-4)12(15)17/h9-11,16H,5-8H2,1-4H3,(H2,15,17). The molecular formula is C14H26N2O2. The maximum Gasteiger partial charge on any atom is 0.236 e. The molecule has 4 unspecified atom stereocenters. The van der Waals surface area contributed by atoms with Gasteiger partial charge in [-0.25, -0.2) is 0 Å². The fraction of sp³-hybridized carbons (Fsp3) is 0.929. The summed E-state index contributed by atoms with van der Waals surface area (Å²) in [6.07, 6.45) is 3.94. The number of amides is 1. The van der Waals surface area contributed by atoms with Crippen LogP contribution in [0.4, 0.5) is 0 Å².